The van der Waals surface area contributed by atoms with E-state index in [1.165, 1.54) is 116 Å². The topological polar surface area (TPSA) is 0 Å². The fraction of sp³-hybridized carbons (Fsp3) is 1.00. The molecule has 0 radical (unpaired) electrons. The van der Waals surface area contributed by atoms with E-state index >= 15 is 0 Å². The molecule has 24 heavy (non-hydrogen) atoms. The van der Waals surface area contributed by atoms with Gasteiger partial charge in [-0.05, 0) is 43.7 Å². The van der Waals surface area contributed by atoms with Gasteiger partial charge in [0.2, 0.25) is 0 Å². The van der Waals surface area contributed by atoms with Gasteiger partial charge in [0, 0.05) is 0 Å². The largest absolute Gasteiger partial charge is 0.122 e. The molecule has 0 amide bonds. The van der Waals surface area contributed by atoms with Crippen LogP contribution in [-0.2, 0) is 0 Å². The van der Waals surface area contributed by atoms with Crippen LogP contribution in [0.3, 0.4) is 0 Å². The zero-order valence-electron chi connectivity index (χ0n) is 18.0. The molecule has 0 rings (SSSR count). The molecule has 0 unspecified atom stereocenters. The predicted octanol–water partition coefficient (Wildman–Crippen LogP) is 8.91. The first-order valence-corrected chi connectivity index (χ1v) is 14.5. The third kappa shape index (κ3) is 25.1. The van der Waals surface area contributed by atoms with Gasteiger partial charge in [0.1, 0.15) is 0 Å². The van der Waals surface area contributed by atoms with Crippen molar-refractivity contribution >= 4 is 16.5 Å². The summed E-state index contributed by atoms with van der Waals surface area (Å²) in [7, 11) is 1.70. The predicted molar refractivity (Wildman–Crippen MR) is 123 cm³/mol. The fourth-order valence-electron chi connectivity index (χ4n) is 2.86. The Balaban J connectivity index is 0. The molecule has 0 aromatic heterocycles. The van der Waals surface area contributed by atoms with Gasteiger partial charge in [-0.2, -0.15) is 0 Å². The van der Waals surface area contributed by atoms with Crippen molar-refractivity contribution in [2.45, 2.75) is 112 Å². The average molecular weight is 377 g/mol. The molecule has 148 valence electrons. The van der Waals surface area contributed by atoms with Crippen molar-refractivity contribution in [3.8, 4) is 0 Å². The van der Waals surface area contributed by atoms with Gasteiger partial charge < -0.3 is 0 Å². The summed E-state index contributed by atoms with van der Waals surface area (Å²) in [6.45, 7) is 11.5. The van der Waals surface area contributed by atoms with Crippen LogP contribution in [0.25, 0.3) is 0 Å². The second kappa shape index (κ2) is 26.1. The van der Waals surface area contributed by atoms with E-state index in [-0.39, 0.29) is 0 Å². The molecule has 0 aliphatic carbocycles. The molecule has 0 heterocycles. The van der Waals surface area contributed by atoms with Crippen LogP contribution in [0.2, 0.25) is 0 Å². The van der Waals surface area contributed by atoms with E-state index in [4.69, 9.17) is 0 Å². The zero-order valence-corrected chi connectivity index (χ0v) is 19.9. The van der Waals surface area contributed by atoms with E-state index in [1.807, 2.05) is 0 Å². The van der Waals surface area contributed by atoms with Gasteiger partial charge >= 0.3 is 0 Å². The molecule has 0 aliphatic heterocycles. The molecule has 0 aliphatic rings. The summed E-state index contributed by atoms with van der Waals surface area (Å²) in [5.41, 5.74) is 0. The third-order valence-electron chi connectivity index (χ3n) is 4.76. The van der Waals surface area contributed by atoms with Gasteiger partial charge in [-0.25, -0.2) is 0 Å². The first kappa shape index (κ1) is 27.1. The molecular formula is C22H50P2. The van der Waals surface area contributed by atoms with Crippen molar-refractivity contribution in [3.05, 3.63) is 0 Å². The third-order valence-corrected chi connectivity index (χ3v) is 8.85. The van der Waals surface area contributed by atoms with Crippen LogP contribution >= 0.6 is 16.5 Å². The van der Waals surface area contributed by atoms with E-state index in [2.05, 4.69) is 34.6 Å². The van der Waals surface area contributed by atoms with Gasteiger partial charge in [-0.3, -0.25) is 0 Å². The molecule has 0 aromatic carbocycles. The Labute approximate surface area is 159 Å². The smallest absolute Gasteiger partial charge is 0.0353 e. The van der Waals surface area contributed by atoms with Gasteiger partial charge in [-0.1, -0.05) is 98.8 Å². The highest BCUT2D eigenvalue weighted by Crippen LogP contribution is 2.32. The first-order chi connectivity index (χ1) is 11.8. The summed E-state index contributed by atoms with van der Waals surface area (Å²) in [6, 6.07) is 0. The second-order valence-electron chi connectivity index (χ2n) is 6.91. The molecule has 0 aromatic rings. The lowest BCUT2D eigenvalue weighted by molar-refractivity contribution is 0.623. The molecule has 0 atom stereocenters. The van der Waals surface area contributed by atoms with Crippen LogP contribution in [0.5, 0.6) is 0 Å². The Kier molecular flexibility index (Phi) is 29.4. The quantitative estimate of drug-likeness (QED) is 0.175. The summed E-state index contributed by atoms with van der Waals surface area (Å²) in [5, 5.41) is 0. The van der Waals surface area contributed by atoms with Gasteiger partial charge in [0.15, 0.2) is 0 Å². The molecule has 0 nitrogen and oxygen atoms in total. The van der Waals surface area contributed by atoms with Crippen LogP contribution in [0, 0.1) is 0 Å². The number of unbranched alkanes of at least 4 members (excludes halogenated alkanes) is 10. The minimum Gasteiger partial charge on any atom is -0.122 e. The SMILES string of the molecule is CCCCCCCCPCCCCCCCC.CCP(CC)CC. The summed E-state index contributed by atoms with van der Waals surface area (Å²) >= 11 is 0. The summed E-state index contributed by atoms with van der Waals surface area (Å²) in [4.78, 5) is 0. The normalized spacial score (nSPS) is 10.8. The molecule has 0 saturated heterocycles. The Morgan fingerprint density at radius 2 is 0.792 bits per heavy atom. The van der Waals surface area contributed by atoms with Gasteiger partial charge in [0.25, 0.3) is 0 Å². The van der Waals surface area contributed by atoms with E-state index < -0.39 is 0 Å². The van der Waals surface area contributed by atoms with E-state index in [1.54, 1.807) is 0 Å². The molecule has 0 fully saturated rings. The maximum Gasteiger partial charge on any atom is -0.0353 e. The minimum atomic E-state index is 0.446. The average Bonchev–Trinajstić information content (AvgIpc) is 2.61. The van der Waals surface area contributed by atoms with Crippen LogP contribution in [0.1, 0.15) is 112 Å². The molecule has 0 N–H and O–H groups in total. The summed E-state index contributed by atoms with van der Waals surface area (Å²) in [5.74, 6) is 0. The van der Waals surface area contributed by atoms with Crippen molar-refractivity contribution < 1.29 is 0 Å². The number of rotatable bonds is 17. The van der Waals surface area contributed by atoms with Crippen LogP contribution in [0.4, 0.5) is 0 Å². The first-order valence-electron chi connectivity index (χ1n) is 11.2. The van der Waals surface area contributed by atoms with Crippen LogP contribution in [-0.4, -0.2) is 30.8 Å². The molecule has 0 bridgehead atoms. The van der Waals surface area contributed by atoms with Crippen LogP contribution < -0.4 is 0 Å². The summed E-state index contributed by atoms with van der Waals surface area (Å²) in [6.07, 6.45) is 24.8. The lowest BCUT2D eigenvalue weighted by Gasteiger charge is -2.07. The molecule has 0 saturated carbocycles. The summed E-state index contributed by atoms with van der Waals surface area (Å²) < 4.78 is 0. The molecule has 2 heteroatoms. The number of hydrogen-bond donors (Lipinski definition) is 0. The van der Waals surface area contributed by atoms with Crippen molar-refractivity contribution in [2.75, 3.05) is 30.8 Å². The van der Waals surface area contributed by atoms with Crippen molar-refractivity contribution in [1.29, 1.82) is 0 Å². The molecule has 0 spiro atoms. The van der Waals surface area contributed by atoms with Gasteiger partial charge in [0.05, 0.1) is 0 Å². The lowest BCUT2D eigenvalue weighted by Crippen LogP contribution is -1.84. The van der Waals surface area contributed by atoms with Crippen molar-refractivity contribution in [3.63, 3.8) is 0 Å². The monoisotopic (exact) mass is 376 g/mol. The maximum absolute atomic E-state index is 2.29. The highest BCUT2D eigenvalue weighted by atomic mass is 31.1. The minimum absolute atomic E-state index is 0.446. The van der Waals surface area contributed by atoms with Gasteiger partial charge in [-0.15, -0.1) is 16.5 Å². The standard InChI is InChI=1S/C16H35P.C6H15P/c1-3-5-7-9-11-13-15-17-16-14-12-10-8-6-4-2;1-4-7(5-2)6-3/h17H,3-16H2,1-2H3;4-6H2,1-3H3. The zero-order chi connectivity index (χ0) is 18.3. The van der Waals surface area contributed by atoms with E-state index in [0.29, 0.717) is 7.92 Å². The number of hydrogen-bond acceptors (Lipinski definition) is 0. The lowest BCUT2D eigenvalue weighted by atomic mass is 10.1. The Morgan fingerprint density at radius 3 is 1.08 bits per heavy atom. The second-order valence-corrected chi connectivity index (χ2v) is 11.6. The molecular weight excluding hydrogens is 326 g/mol. The maximum atomic E-state index is 2.29. The fourth-order valence-corrected chi connectivity index (χ4v) is 5.45. The highest BCUT2D eigenvalue weighted by molar-refractivity contribution is 7.57. The van der Waals surface area contributed by atoms with E-state index in [9.17, 15) is 0 Å². The highest BCUT2D eigenvalue weighted by Gasteiger charge is 1.94. The Bertz CT molecular complexity index is 171. The van der Waals surface area contributed by atoms with Crippen molar-refractivity contribution in [1.82, 2.24) is 0 Å². The van der Waals surface area contributed by atoms with Crippen LogP contribution in [0.15, 0.2) is 0 Å². The van der Waals surface area contributed by atoms with Crippen molar-refractivity contribution in [2.24, 2.45) is 0 Å². The Morgan fingerprint density at radius 1 is 0.458 bits per heavy atom. The Hall–Kier alpha value is 0.860. The van der Waals surface area contributed by atoms with E-state index in [0.717, 1.165) is 0 Å².